The first-order chi connectivity index (χ1) is 13.7. The largest absolute Gasteiger partial charge is 0.394 e. The summed E-state index contributed by atoms with van der Waals surface area (Å²) in [6.07, 6.45) is 21.8. The molecule has 0 bridgehead atoms. The predicted octanol–water partition coefficient (Wildman–Crippen LogP) is 5.66. The Morgan fingerprint density at radius 3 is 1.86 bits per heavy atom. The molecular formula is C24H47NO3. The molecule has 0 aliphatic heterocycles. The summed E-state index contributed by atoms with van der Waals surface area (Å²) in [5.41, 5.74) is 0. The molecule has 2 unspecified atom stereocenters. The Bertz CT molecular complexity index is 371. The molecule has 0 aromatic carbocycles. The highest BCUT2D eigenvalue weighted by Crippen LogP contribution is 2.12. The Kier molecular flexibility index (Phi) is 20.2. The lowest BCUT2D eigenvalue weighted by atomic mass is 10.0. The van der Waals surface area contributed by atoms with Crippen LogP contribution in [-0.4, -0.2) is 34.9 Å². The van der Waals surface area contributed by atoms with E-state index in [9.17, 15) is 15.0 Å². The SMILES string of the molecule is CCCCCCCCCCCCC/C=C\C(O)C(CO)NC(=O)CCCCC. The molecule has 0 aromatic heterocycles. The Morgan fingerprint density at radius 2 is 1.32 bits per heavy atom. The van der Waals surface area contributed by atoms with Gasteiger partial charge in [0.15, 0.2) is 0 Å². The van der Waals surface area contributed by atoms with E-state index in [0.29, 0.717) is 6.42 Å². The van der Waals surface area contributed by atoms with Gasteiger partial charge in [0.25, 0.3) is 0 Å². The molecule has 0 saturated carbocycles. The fraction of sp³-hybridized carbons (Fsp3) is 0.875. The van der Waals surface area contributed by atoms with Crippen LogP contribution in [-0.2, 0) is 4.79 Å². The van der Waals surface area contributed by atoms with E-state index < -0.39 is 12.1 Å². The van der Waals surface area contributed by atoms with Crippen molar-refractivity contribution in [2.75, 3.05) is 6.61 Å². The minimum absolute atomic E-state index is 0.0923. The highest BCUT2D eigenvalue weighted by Gasteiger charge is 2.17. The van der Waals surface area contributed by atoms with Crippen LogP contribution in [0.15, 0.2) is 12.2 Å². The molecule has 0 fully saturated rings. The molecule has 0 saturated heterocycles. The lowest BCUT2D eigenvalue weighted by Crippen LogP contribution is -2.45. The molecule has 4 nitrogen and oxygen atoms in total. The van der Waals surface area contributed by atoms with Crippen LogP contribution in [0, 0.1) is 0 Å². The van der Waals surface area contributed by atoms with Crippen molar-refractivity contribution in [3.63, 3.8) is 0 Å². The van der Waals surface area contributed by atoms with Crippen LogP contribution in [0.4, 0.5) is 0 Å². The van der Waals surface area contributed by atoms with Crippen molar-refractivity contribution in [1.82, 2.24) is 5.32 Å². The number of aliphatic hydroxyl groups is 2. The van der Waals surface area contributed by atoms with Gasteiger partial charge in [0.05, 0.1) is 18.8 Å². The van der Waals surface area contributed by atoms with E-state index in [1.54, 1.807) is 6.08 Å². The maximum absolute atomic E-state index is 11.8. The van der Waals surface area contributed by atoms with Gasteiger partial charge in [-0.3, -0.25) is 4.79 Å². The maximum Gasteiger partial charge on any atom is 0.220 e. The van der Waals surface area contributed by atoms with E-state index in [4.69, 9.17) is 0 Å². The third-order valence-electron chi connectivity index (χ3n) is 5.27. The summed E-state index contributed by atoms with van der Waals surface area (Å²) in [6.45, 7) is 4.11. The van der Waals surface area contributed by atoms with Gasteiger partial charge in [-0.25, -0.2) is 0 Å². The second kappa shape index (κ2) is 20.9. The van der Waals surface area contributed by atoms with E-state index >= 15 is 0 Å². The molecule has 0 rings (SSSR count). The van der Waals surface area contributed by atoms with Gasteiger partial charge in [0.2, 0.25) is 5.91 Å². The average Bonchev–Trinajstić information content (AvgIpc) is 2.69. The molecule has 0 heterocycles. The number of amides is 1. The molecular weight excluding hydrogens is 350 g/mol. The molecule has 0 aromatic rings. The molecule has 0 spiro atoms. The van der Waals surface area contributed by atoms with Crippen LogP contribution in [0.3, 0.4) is 0 Å². The lowest BCUT2D eigenvalue weighted by molar-refractivity contribution is -0.123. The summed E-state index contributed by atoms with van der Waals surface area (Å²) < 4.78 is 0. The predicted molar refractivity (Wildman–Crippen MR) is 119 cm³/mol. The Hall–Kier alpha value is -0.870. The summed E-state index contributed by atoms with van der Waals surface area (Å²) in [5, 5.41) is 22.3. The number of hydrogen-bond donors (Lipinski definition) is 3. The number of hydrogen-bond acceptors (Lipinski definition) is 3. The Balaban J connectivity index is 3.66. The molecule has 2 atom stereocenters. The van der Waals surface area contributed by atoms with Crippen molar-refractivity contribution in [2.45, 2.75) is 129 Å². The number of nitrogens with one attached hydrogen (secondary N) is 1. The van der Waals surface area contributed by atoms with Gasteiger partial charge in [0, 0.05) is 6.42 Å². The van der Waals surface area contributed by atoms with Crippen LogP contribution >= 0.6 is 0 Å². The maximum atomic E-state index is 11.8. The Labute approximate surface area is 174 Å². The zero-order chi connectivity index (χ0) is 20.9. The van der Waals surface area contributed by atoms with Gasteiger partial charge in [-0.15, -0.1) is 0 Å². The first kappa shape index (κ1) is 27.1. The highest BCUT2D eigenvalue weighted by molar-refractivity contribution is 5.76. The zero-order valence-electron chi connectivity index (χ0n) is 18.6. The second-order valence-corrected chi connectivity index (χ2v) is 8.06. The Morgan fingerprint density at radius 1 is 0.821 bits per heavy atom. The first-order valence-electron chi connectivity index (χ1n) is 11.9. The summed E-state index contributed by atoms with van der Waals surface area (Å²) in [7, 11) is 0. The van der Waals surface area contributed by atoms with E-state index in [1.165, 1.54) is 64.2 Å². The van der Waals surface area contributed by atoms with Crippen molar-refractivity contribution >= 4 is 5.91 Å². The molecule has 166 valence electrons. The summed E-state index contributed by atoms with van der Waals surface area (Å²) in [5.74, 6) is -0.0923. The summed E-state index contributed by atoms with van der Waals surface area (Å²) >= 11 is 0. The quantitative estimate of drug-likeness (QED) is 0.183. The van der Waals surface area contributed by atoms with Crippen LogP contribution in [0.1, 0.15) is 117 Å². The summed E-state index contributed by atoms with van der Waals surface area (Å²) in [6, 6.07) is -0.609. The number of allylic oxidation sites excluding steroid dienone is 1. The van der Waals surface area contributed by atoms with Crippen molar-refractivity contribution in [2.24, 2.45) is 0 Å². The van der Waals surface area contributed by atoms with E-state index in [2.05, 4.69) is 19.2 Å². The molecule has 0 aliphatic rings. The smallest absolute Gasteiger partial charge is 0.220 e. The number of aliphatic hydroxyl groups excluding tert-OH is 2. The van der Waals surface area contributed by atoms with Crippen molar-refractivity contribution in [1.29, 1.82) is 0 Å². The van der Waals surface area contributed by atoms with Gasteiger partial charge < -0.3 is 15.5 Å². The van der Waals surface area contributed by atoms with Crippen molar-refractivity contribution < 1.29 is 15.0 Å². The fourth-order valence-electron chi connectivity index (χ4n) is 3.35. The van der Waals surface area contributed by atoms with Crippen molar-refractivity contribution in [3.8, 4) is 0 Å². The van der Waals surface area contributed by atoms with E-state index in [-0.39, 0.29) is 12.5 Å². The standard InChI is InChI=1S/C24H47NO3/c1-3-5-7-8-9-10-11-12-13-14-15-16-18-19-23(27)22(21-26)25-24(28)20-17-6-4-2/h18-19,22-23,26-27H,3-17,20-21H2,1-2H3,(H,25,28)/b19-18-. The number of carbonyl (C=O) groups excluding carboxylic acids is 1. The molecule has 28 heavy (non-hydrogen) atoms. The lowest BCUT2D eigenvalue weighted by Gasteiger charge is -2.19. The number of unbranched alkanes of at least 4 members (excludes halogenated alkanes) is 13. The van der Waals surface area contributed by atoms with Gasteiger partial charge in [-0.1, -0.05) is 103 Å². The minimum Gasteiger partial charge on any atom is -0.394 e. The topological polar surface area (TPSA) is 69.6 Å². The fourth-order valence-corrected chi connectivity index (χ4v) is 3.35. The van der Waals surface area contributed by atoms with E-state index in [1.807, 2.05) is 6.08 Å². The second-order valence-electron chi connectivity index (χ2n) is 8.06. The monoisotopic (exact) mass is 397 g/mol. The molecule has 0 aliphatic carbocycles. The highest BCUT2D eigenvalue weighted by atomic mass is 16.3. The van der Waals surface area contributed by atoms with Crippen LogP contribution in [0.5, 0.6) is 0 Å². The number of rotatable bonds is 20. The van der Waals surface area contributed by atoms with Gasteiger partial charge in [0.1, 0.15) is 0 Å². The van der Waals surface area contributed by atoms with E-state index in [0.717, 1.165) is 32.1 Å². The molecule has 4 heteroatoms. The first-order valence-corrected chi connectivity index (χ1v) is 11.9. The molecule has 3 N–H and O–H groups in total. The van der Waals surface area contributed by atoms with Crippen LogP contribution in [0.2, 0.25) is 0 Å². The normalized spacial score (nSPS) is 13.7. The molecule has 0 radical (unpaired) electrons. The third kappa shape index (κ3) is 17.2. The van der Waals surface area contributed by atoms with Crippen molar-refractivity contribution in [3.05, 3.63) is 12.2 Å². The summed E-state index contributed by atoms with van der Waals surface area (Å²) in [4.78, 5) is 11.8. The molecule has 1 amide bonds. The third-order valence-corrected chi connectivity index (χ3v) is 5.27. The van der Waals surface area contributed by atoms with Crippen LogP contribution in [0.25, 0.3) is 0 Å². The average molecular weight is 398 g/mol. The van der Waals surface area contributed by atoms with Gasteiger partial charge >= 0.3 is 0 Å². The minimum atomic E-state index is -0.826. The van der Waals surface area contributed by atoms with Gasteiger partial charge in [-0.2, -0.15) is 0 Å². The zero-order valence-corrected chi connectivity index (χ0v) is 18.6. The number of carbonyl (C=O) groups is 1. The van der Waals surface area contributed by atoms with Crippen LogP contribution < -0.4 is 5.32 Å². The van der Waals surface area contributed by atoms with Gasteiger partial charge in [-0.05, 0) is 19.3 Å².